The summed E-state index contributed by atoms with van der Waals surface area (Å²) < 4.78 is 0. The smallest absolute Gasteiger partial charge is 0.211 e. The van der Waals surface area contributed by atoms with Gasteiger partial charge in [0.15, 0.2) is 0 Å². The van der Waals surface area contributed by atoms with E-state index in [0.29, 0.717) is 10.8 Å². The molecule has 2 bridgehead atoms. The van der Waals surface area contributed by atoms with Gasteiger partial charge in [0.05, 0.1) is 0 Å². The molecule has 1 N–H and O–H groups in total. The average Bonchev–Trinajstić information content (AvgIpc) is 2.52. The van der Waals surface area contributed by atoms with Gasteiger partial charge in [-0.1, -0.05) is 13.8 Å². The van der Waals surface area contributed by atoms with Crippen LogP contribution in [-0.2, 0) is 4.79 Å². The van der Waals surface area contributed by atoms with Crippen molar-refractivity contribution in [3.63, 3.8) is 0 Å². The van der Waals surface area contributed by atoms with E-state index in [-0.39, 0.29) is 0 Å². The van der Waals surface area contributed by atoms with Crippen LogP contribution in [0.5, 0.6) is 0 Å². The Kier molecular flexibility index (Phi) is 1.67. The van der Waals surface area contributed by atoms with E-state index < -0.39 is 0 Å². The van der Waals surface area contributed by atoms with Gasteiger partial charge in [-0.15, -0.1) is 0 Å². The van der Waals surface area contributed by atoms with Crippen LogP contribution >= 0.6 is 0 Å². The summed E-state index contributed by atoms with van der Waals surface area (Å²) in [6, 6.07) is 0. The minimum Gasteiger partial charge on any atom is -0.332 e. The summed E-state index contributed by atoms with van der Waals surface area (Å²) in [7, 11) is 0. The quantitative estimate of drug-likeness (QED) is 0.690. The van der Waals surface area contributed by atoms with E-state index in [1.807, 2.05) is 0 Å². The summed E-state index contributed by atoms with van der Waals surface area (Å²) in [5, 5.41) is 2.95. The SMILES string of the molecule is CC12CC(NC=O)=C3CCC(C)(C1)C3C2. The van der Waals surface area contributed by atoms with Gasteiger partial charge in [0.2, 0.25) is 6.41 Å². The zero-order valence-electron chi connectivity index (χ0n) is 9.60. The molecule has 0 heterocycles. The van der Waals surface area contributed by atoms with Crippen LogP contribution in [0.15, 0.2) is 11.3 Å². The van der Waals surface area contributed by atoms with Crippen molar-refractivity contribution in [3.8, 4) is 0 Å². The Morgan fingerprint density at radius 2 is 2.27 bits per heavy atom. The molecule has 15 heavy (non-hydrogen) atoms. The van der Waals surface area contributed by atoms with Crippen molar-refractivity contribution >= 4 is 6.41 Å². The second-order valence-electron chi connectivity index (χ2n) is 6.34. The summed E-state index contributed by atoms with van der Waals surface area (Å²) in [5.74, 6) is 0.763. The Morgan fingerprint density at radius 1 is 1.47 bits per heavy atom. The lowest BCUT2D eigenvalue weighted by Gasteiger charge is -2.32. The Balaban J connectivity index is 2.06. The van der Waals surface area contributed by atoms with Gasteiger partial charge in [-0.05, 0) is 54.4 Å². The summed E-state index contributed by atoms with van der Waals surface area (Å²) in [4.78, 5) is 10.6. The normalized spacial score (nSPS) is 47.2. The molecule has 3 rings (SSSR count). The first-order valence-corrected chi connectivity index (χ1v) is 5.98. The second kappa shape index (κ2) is 2.66. The number of hydrogen-bond donors (Lipinski definition) is 1. The number of allylic oxidation sites excluding steroid dienone is 2. The molecule has 2 fully saturated rings. The molecule has 0 aliphatic heterocycles. The Bertz CT molecular complexity index is 360. The number of fused-ring (bicyclic) bond motifs is 1. The van der Waals surface area contributed by atoms with Crippen LogP contribution in [0.3, 0.4) is 0 Å². The van der Waals surface area contributed by atoms with E-state index in [1.54, 1.807) is 5.57 Å². The molecule has 2 nitrogen and oxygen atoms in total. The van der Waals surface area contributed by atoms with Crippen molar-refractivity contribution < 1.29 is 4.79 Å². The Hall–Kier alpha value is -0.790. The standard InChI is InChI=1S/C13H19NO/c1-12-5-10-9(11(6-12)14-8-15)3-4-13(10,2)7-12/h8,10H,3-7H2,1-2H3,(H,14,15). The average molecular weight is 205 g/mol. The van der Waals surface area contributed by atoms with Crippen LogP contribution in [0.4, 0.5) is 0 Å². The molecule has 3 unspecified atom stereocenters. The van der Waals surface area contributed by atoms with Gasteiger partial charge < -0.3 is 5.32 Å². The lowest BCUT2D eigenvalue weighted by atomic mass is 9.76. The maximum atomic E-state index is 10.6. The maximum absolute atomic E-state index is 10.6. The number of hydrogen-bond acceptors (Lipinski definition) is 1. The molecule has 2 saturated carbocycles. The zero-order chi connectivity index (χ0) is 10.7. The summed E-state index contributed by atoms with van der Waals surface area (Å²) in [5.41, 5.74) is 3.81. The highest BCUT2D eigenvalue weighted by Gasteiger charge is 2.57. The van der Waals surface area contributed by atoms with Crippen LogP contribution in [-0.4, -0.2) is 6.41 Å². The lowest BCUT2D eigenvalue weighted by Crippen LogP contribution is -2.26. The molecule has 2 heteroatoms. The van der Waals surface area contributed by atoms with E-state index in [0.717, 1.165) is 18.7 Å². The molecule has 3 atom stereocenters. The van der Waals surface area contributed by atoms with Gasteiger partial charge in [-0.3, -0.25) is 4.79 Å². The molecule has 0 saturated heterocycles. The molecular formula is C13H19NO. The predicted octanol–water partition coefficient (Wildman–Crippen LogP) is 2.61. The van der Waals surface area contributed by atoms with E-state index in [1.165, 1.54) is 31.4 Å². The first-order chi connectivity index (χ1) is 7.06. The minimum absolute atomic E-state index is 0.453. The molecule has 82 valence electrons. The maximum Gasteiger partial charge on any atom is 0.211 e. The predicted molar refractivity (Wildman–Crippen MR) is 59.0 cm³/mol. The van der Waals surface area contributed by atoms with Gasteiger partial charge in [0, 0.05) is 5.70 Å². The Morgan fingerprint density at radius 3 is 3.00 bits per heavy atom. The molecule has 3 aliphatic carbocycles. The first kappa shape index (κ1) is 9.44. The largest absolute Gasteiger partial charge is 0.332 e. The first-order valence-electron chi connectivity index (χ1n) is 5.98. The fourth-order valence-corrected chi connectivity index (χ4v) is 4.56. The van der Waals surface area contributed by atoms with Crippen LogP contribution in [0.2, 0.25) is 0 Å². The van der Waals surface area contributed by atoms with Crippen molar-refractivity contribution in [2.75, 3.05) is 0 Å². The Labute approximate surface area is 91.1 Å². The van der Waals surface area contributed by atoms with E-state index in [9.17, 15) is 4.79 Å². The van der Waals surface area contributed by atoms with Crippen LogP contribution < -0.4 is 5.32 Å². The number of amides is 1. The highest BCUT2D eigenvalue weighted by Crippen LogP contribution is 2.67. The minimum atomic E-state index is 0.453. The third kappa shape index (κ3) is 1.14. The van der Waals surface area contributed by atoms with Crippen LogP contribution in [0, 0.1) is 16.7 Å². The van der Waals surface area contributed by atoms with Crippen LogP contribution in [0.1, 0.15) is 46.0 Å². The number of nitrogens with one attached hydrogen (secondary N) is 1. The van der Waals surface area contributed by atoms with Gasteiger partial charge in [-0.2, -0.15) is 0 Å². The molecule has 0 aromatic heterocycles. The zero-order valence-corrected chi connectivity index (χ0v) is 9.60. The van der Waals surface area contributed by atoms with Crippen molar-refractivity contribution in [3.05, 3.63) is 11.3 Å². The molecule has 0 spiro atoms. The van der Waals surface area contributed by atoms with Crippen molar-refractivity contribution in [2.45, 2.75) is 46.0 Å². The third-order valence-electron chi connectivity index (χ3n) is 4.98. The van der Waals surface area contributed by atoms with Crippen molar-refractivity contribution in [1.29, 1.82) is 0 Å². The van der Waals surface area contributed by atoms with Gasteiger partial charge in [0.25, 0.3) is 0 Å². The topological polar surface area (TPSA) is 29.1 Å². The number of carbonyl (C=O) groups excluding carboxylic acids is 1. The van der Waals surface area contributed by atoms with E-state index in [4.69, 9.17) is 0 Å². The number of carbonyl (C=O) groups is 1. The second-order valence-corrected chi connectivity index (χ2v) is 6.34. The highest BCUT2D eigenvalue weighted by molar-refractivity contribution is 5.52. The van der Waals surface area contributed by atoms with Gasteiger partial charge >= 0.3 is 0 Å². The molecule has 3 aliphatic rings. The van der Waals surface area contributed by atoms with Crippen molar-refractivity contribution in [1.82, 2.24) is 5.32 Å². The molecule has 0 radical (unpaired) electrons. The fraction of sp³-hybridized carbons (Fsp3) is 0.769. The summed E-state index contributed by atoms with van der Waals surface area (Å²) >= 11 is 0. The van der Waals surface area contributed by atoms with E-state index >= 15 is 0 Å². The highest BCUT2D eigenvalue weighted by atomic mass is 16.1. The molecule has 0 aromatic rings. The van der Waals surface area contributed by atoms with E-state index in [2.05, 4.69) is 19.2 Å². The lowest BCUT2D eigenvalue weighted by molar-refractivity contribution is -0.109. The number of rotatable bonds is 2. The summed E-state index contributed by atoms with van der Waals surface area (Å²) in [6.45, 7) is 4.83. The fourth-order valence-electron chi connectivity index (χ4n) is 4.56. The molecule has 1 amide bonds. The van der Waals surface area contributed by atoms with Gasteiger partial charge in [0.1, 0.15) is 0 Å². The third-order valence-corrected chi connectivity index (χ3v) is 4.98. The van der Waals surface area contributed by atoms with Crippen molar-refractivity contribution in [2.24, 2.45) is 16.7 Å². The molecule has 0 aromatic carbocycles. The summed E-state index contributed by atoms with van der Waals surface area (Å²) in [6.07, 6.45) is 7.18. The van der Waals surface area contributed by atoms with Crippen LogP contribution in [0.25, 0.3) is 0 Å². The van der Waals surface area contributed by atoms with Gasteiger partial charge in [-0.25, -0.2) is 0 Å². The monoisotopic (exact) mass is 205 g/mol. The molecular weight excluding hydrogens is 186 g/mol.